The third-order valence-electron chi connectivity index (χ3n) is 1.69. The Hall–Kier alpha value is -1.85. The average molecular weight is 183 g/mol. The van der Waals surface area contributed by atoms with E-state index in [0.29, 0.717) is 0 Å². The third kappa shape index (κ3) is 1.51. The van der Waals surface area contributed by atoms with E-state index in [9.17, 15) is 14.9 Å². The molecule has 0 aromatic carbocycles. The van der Waals surface area contributed by atoms with Crippen molar-refractivity contribution in [1.82, 2.24) is 4.57 Å². The van der Waals surface area contributed by atoms with Gasteiger partial charge in [-0.1, -0.05) is 0 Å². The molecule has 13 heavy (non-hydrogen) atoms. The highest BCUT2D eigenvalue weighted by atomic mass is 16.6. The lowest BCUT2D eigenvalue weighted by Crippen LogP contribution is -2.20. The number of aryl methyl sites for hydroxylation is 1. The molecule has 0 spiro atoms. The van der Waals surface area contributed by atoms with Gasteiger partial charge in [0.15, 0.2) is 0 Å². The van der Waals surface area contributed by atoms with Gasteiger partial charge in [-0.05, 0) is 6.07 Å². The molecule has 0 saturated heterocycles. The standard InChI is InChI=1S/C7H9N3O3/c1-8-5-3-4-9(2)7(11)6(5)10(12)13/h3-4,8H,1-2H3. The molecule has 0 aliphatic rings. The van der Waals surface area contributed by atoms with Crippen LogP contribution in [0, 0.1) is 10.1 Å². The zero-order valence-electron chi connectivity index (χ0n) is 7.27. The number of nitrogens with zero attached hydrogens (tertiary/aromatic N) is 2. The third-order valence-corrected chi connectivity index (χ3v) is 1.69. The molecule has 0 fully saturated rings. The molecule has 1 aromatic rings. The Morgan fingerprint density at radius 3 is 2.69 bits per heavy atom. The molecule has 0 aliphatic heterocycles. The highest BCUT2D eigenvalue weighted by Crippen LogP contribution is 2.17. The molecule has 1 heterocycles. The summed E-state index contributed by atoms with van der Waals surface area (Å²) in [6.07, 6.45) is 1.47. The van der Waals surface area contributed by atoms with Crippen molar-refractivity contribution in [3.05, 3.63) is 32.7 Å². The molecule has 0 amide bonds. The maximum Gasteiger partial charge on any atom is 0.356 e. The van der Waals surface area contributed by atoms with E-state index in [1.165, 1.54) is 30.9 Å². The van der Waals surface area contributed by atoms with Gasteiger partial charge in [-0.15, -0.1) is 0 Å². The van der Waals surface area contributed by atoms with Gasteiger partial charge in [0.1, 0.15) is 5.69 Å². The van der Waals surface area contributed by atoms with Gasteiger partial charge in [-0.25, -0.2) is 0 Å². The first-order valence-electron chi connectivity index (χ1n) is 3.59. The van der Waals surface area contributed by atoms with E-state index >= 15 is 0 Å². The van der Waals surface area contributed by atoms with Crippen LogP contribution in [0.25, 0.3) is 0 Å². The minimum atomic E-state index is -0.686. The SMILES string of the molecule is CNc1ccn(C)c(=O)c1[N+](=O)[O-]. The molecular formula is C7H9N3O3. The Bertz CT molecular complexity index is 396. The minimum absolute atomic E-state index is 0.230. The van der Waals surface area contributed by atoms with Crippen LogP contribution in [0.1, 0.15) is 0 Å². The monoisotopic (exact) mass is 183 g/mol. The topological polar surface area (TPSA) is 77.2 Å². The van der Waals surface area contributed by atoms with Gasteiger partial charge in [0.25, 0.3) is 0 Å². The first-order chi connectivity index (χ1) is 6.07. The fraction of sp³-hybridized carbons (Fsp3) is 0.286. The van der Waals surface area contributed by atoms with Gasteiger partial charge < -0.3 is 9.88 Å². The highest BCUT2D eigenvalue weighted by Gasteiger charge is 2.18. The van der Waals surface area contributed by atoms with E-state index in [0.717, 1.165) is 0 Å². The van der Waals surface area contributed by atoms with Crippen LogP contribution in [0.5, 0.6) is 0 Å². The number of hydrogen-bond donors (Lipinski definition) is 1. The van der Waals surface area contributed by atoms with Gasteiger partial charge in [0.05, 0.1) is 4.92 Å². The Morgan fingerprint density at radius 1 is 1.62 bits per heavy atom. The molecule has 0 radical (unpaired) electrons. The van der Waals surface area contributed by atoms with Crippen LogP contribution in [-0.2, 0) is 7.05 Å². The number of aromatic nitrogens is 1. The van der Waals surface area contributed by atoms with Crippen molar-refractivity contribution in [3.63, 3.8) is 0 Å². The molecule has 0 aliphatic carbocycles. The Labute approximate surface area is 74.0 Å². The highest BCUT2D eigenvalue weighted by molar-refractivity contribution is 5.59. The van der Waals surface area contributed by atoms with E-state index in [4.69, 9.17) is 0 Å². The number of pyridine rings is 1. The maximum atomic E-state index is 11.3. The van der Waals surface area contributed by atoms with Crippen molar-refractivity contribution in [3.8, 4) is 0 Å². The van der Waals surface area contributed by atoms with Gasteiger partial charge in [-0.2, -0.15) is 0 Å². The van der Waals surface area contributed by atoms with E-state index in [2.05, 4.69) is 5.32 Å². The van der Waals surface area contributed by atoms with E-state index in [-0.39, 0.29) is 5.69 Å². The smallest absolute Gasteiger partial charge is 0.356 e. The maximum absolute atomic E-state index is 11.3. The van der Waals surface area contributed by atoms with Crippen LogP contribution >= 0.6 is 0 Å². The number of anilines is 1. The van der Waals surface area contributed by atoms with E-state index in [1.54, 1.807) is 0 Å². The summed E-state index contributed by atoms with van der Waals surface area (Å²) in [7, 11) is 3.00. The van der Waals surface area contributed by atoms with Crippen LogP contribution in [-0.4, -0.2) is 16.5 Å². The van der Waals surface area contributed by atoms with Gasteiger partial charge in [0.2, 0.25) is 0 Å². The summed E-state index contributed by atoms with van der Waals surface area (Å²) in [5.41, 5.74) is -0.808. The first kappa shape index (κ1) is 9.24. The summed E-state index contributed by atoms with van der Waals surface area (Å²) < 4.78 is 1.17. The summed E-state index contributed by atoms with van der Waals surface area (Å²) in [4.78, 5) is 21.1. The summed E-state index contributed by atoms with van der Waals surface area (Å²) >= 11 is 0. The van der Waals surface area contributed by atoms with Crippen molar-refractivity contribution in [2.24, 2.45) is 7.05 Å². The van der Waals surface area contributed by atoms with Crippen molar-refractivity contribution in [1.29, 1.82) is 0 Å². The fourth-order valence-corrected chi connectivity index (χ4v) is 0.993. The summed E-state index contributed by atoms with van der Waals surface area (Å²) in [5, 5.41) is 13.1. The fourth-order valence-electron chi connectivity index (χ4n) is 0.993. The second-order valence-corrected chi connectivity index (χ2v) is 2.50. The number of nitrogens with one attached hydrogen (secondary N) is 1. The zero-order valence-corrected chi connectivity index (χ0v) is 7.27. The minimum Gasteiger partial charge on any atom is -0.382 e. The molecule has 1 rings (SSSR count). The van der Waals surface area contributed by atoms with Gasteiger partial charge >= 0.3 is 11.2 Å². The summed E-state index contributed by atoms with van der Waals surface area (Å²) in [5.74, 6) is 0. The Kier molecular flexibility index (Phi) is 2.32. The van der Waals surface area contributed by atoms with Crippen LogP contribution < -0.4 is 10.9 Å². The number of nitro groups is 1. The van der Waals surface area contributed by atoms with Gasteiger partial charge in [-0.3, -0.25) is 14.9 Å². The molecule has 0 bridgehead atoms. The van der Waals surface area contributed by atoms with Crippen molar-refractivity contribution in [2.45, 2.75) is 0 Å². The zero-order chi connectivity index (χ0) is 10.0. The first-order valence-corrected chi connectivity index (χ1v) is 3.59. The molecule has 70 valence electrons. The molecule has 1 aromatic heterocycles. The summed E-state index contributed by atoms with van der Waals surface area (Å²) in [6, 6.07) is 1.49. The summed E-state index contributed by atoms with van der Waals surface area (Å²) in [6.45, 7) is 0. The predicted octanol–water partition coefficient (Wildman–Crippen LogP) is 0.335. The number of rotatable bonds is 2. The van der Waals surface area contributed by atoms with Crippen LogP contribution in [0.4, 0.5) is 11.4 Å². The molecule has 6 nitrogen and oxygen atoms in total. The lowest BCUT2D eigenvalue weighted by atomic mass is 10.3. The van der Waals surface area contributed by atoms with Gasteiger partial charge in [0, 0.05) is 20.3 Å². The lowest BCUT2D eigenvalue weighted by Gasteiger charge is -2.02. The molecule has 1 N–H and O–H groups in total. The van der Waals surface area contributed by atoms with Crippen molar-refractivity contribution >= 4 is 11.4 Å². The number of hydrogen-bond acceptors (Lipinski definition) is 4. The van der Waals surface area contributed by atoms with Crippen LogP contribution in [0.2, 0.25) is 0 Å². The van der Waals surface area contributed by atoms with E-state index < -0.39 is 16.2 Å². The molecular weight excluding hydrogens is 174 g/mol. The normalized spacial score (nSPS) is 9.69. The van der Waals surface area contributed by atoms with Crippen molar-refractivity contribution in [2.75, 3.05) is 12.4 Å². The lowest BCUT2D eigenvalue weighted by molar-refractivity contribution is -0.385. The second kappa shape index (κ2) is 3.26. The van der Waals surface area contributed by atoms with Crippen LogP contribution in [0.15, 0.2) is 17.1 Å². The quantitative estimate of drug-likeness (QED) is 0.529. The largest absolute Gasteiger partial charge is 0.382 e. The molecule has 0 saturated carbocycles. The second-order valence-electron chi connectivity index (χ2n) is 2.50. The Morgan fingerprint density at radius 2 is 2.23 bits per heavy atom. The molecule has 6 heteroatoms. The molecule has 0 unspecified atom stereocenters. The predicted molar refractivity (Wildman–Crippen MR) is 47.9 cm³/mol. The van der Waals surface area contributed by atoms with E-state index in [1.807, 2.05) is 0 Å². The Balaban J connectivity index is 3.51. The average Bonchev–Trinajstić information content (AvgIpc) is 2.08. The van der Waals surface area contributed by atoms with Crippen molar-refractivity contribution < 1.29 is 4.92 Å². The van der Waals surface area contributed by atoms with Crippen LogP contribution in [0.3, 0.4) is 0 Å². The molecule has 0 atom stereocenters.